The molecule has 1 atom stereocenters. The molecule has 1 aromatic carbocycles. The highest BCUT2D eigenvalue weighted by Crippen LogP contribution is 2.47. The van der Waals surface area contributed by atoms with E-state index in [0.29, 0.717) is 53.9 Å². The number of alkyl halides is 3. The molecule has 3 rings (SSSR count). The van der Waals surface area contributed by atoms with Crippen molar-refractivity contribution in [1.29, 1.82) is 0 Å². The summed E-state index contributed by atoms with van der Waals surface area (Å²) in [5.41, 5.74) is 3.38. The van der Waals surface area contributed by atoms with Gasteiger partial charge in [0.2, 0.25) is 0 Å². The maximum absolute atomic E-state index is 13.7. The zero-order valence-corrected chi connectivity index (χ0v) is 21.0. The fourth-order valence-electron chi connectivity index (χ4n) is 4.58. The van der Waals surface area contributed by atoms with Gasteiger partial charge in [-0.1, -0.05) is 32.9 Å². The first-order valence-electron chi connectivity index (χ1n) is 11.6. The molecule has 1 aliphatic rings. The summed E-state index contributed by atoms with van der Waals surface area (Å²) in [6.07, 6.45) is -2.58. The van der Waals surface area contributed by atoms with Crippen LogP contribution in [0, 0.1) is 12.3 Å². The van der Waals surface area contributed by atoms with Crippen LogP contribution >= 0.6 is 11.3 Å². The number of carbonyl (C=O) groups excluding carboxylic acids is 1. The normalized spacial score (nSPS) is 16.3. The predicted molar refractivity (Wildman–Crippen MR) is 127 cm³/mol. The maximum Gasteiger partial charge on any atom is 0.425 e. The molecule has 0 bridgehead atoms. The van der Waals surface area contributed by atoms with Crippen LogP contribution in [0.25, 0.3) is 0 Å². The zero-order chi connectivity index (χ0) is 25.3. The summed E-state index contributed by atoms with van der Waals surface area (Å²) in [6.45, 7) is 7.38. The topological polar surface area (TPSA) is 66.8 Å². The summed E-state index contributed by atoms with van der Waals surface area (Å²) >= 11 is 0.612. The van der Waals surface area contributed by atoms with Gasteiger partial charge in [0.25, 0.3) is 0 Å². The van der Waals surface area contributed by atoms with E-state index in [-0.39, 0.29) is 35.7 Å². The fraction of sp³-hybridized carbons (Fsp3) is 0.577. The summed E-state index contributed by atoms with van der Waals surface area (Å²) in [6, 6.07) is 3.84. The van der Waals surface area contributed by atoms with Gasteiger partial charge in [0.15, 0.2) is 5.78 Å². The summed E-state index contributed by atoms with van der Waals surface area (Å²) in [5.74, 6) is 0.411. The molecular formula is C26H33F3O4S. The Kier molecular flexibility index (Phi) is 8.15. The first-order chi connectivity index (χ1) is 15.9. The molecule has 188 valence electrons. The molecule has 8 heteroatoms. The van der Waals surface area contributed by atoms with E-state index < -0.39 is 17.2 Å². The summed E-state index contributed by atoms with van der Waals surface area (Å²) in [7, 11) is 0. The lowest BCUT2D eigenvalue weighted by atomic mass is 9.74. The molecule has 1 aromatic heterocycles. The fourth-order valence-corrected chi connectivity index (χ4v) is 5.78. The SMILES string of the molecule is CCc1cc(CCC(=O)c2sc(C(F)(F)F)c3c2CCC(C)(C)C3)cc(C)c1OC[C@@H](O)CO. The van der Waals surface area contributed by atoms with Crippen LogP contribution in [-0.2, 0) is 31.9 Å². The molecule has 0 spiro atoms. The number of aliphatic hydroxyl groups is 2. The number of carbonyl (C=O) groups is 1. The van der Waals surface area contributed by atoms with Crippen LogP contribution in [0.5, 0.6) is 5.75 Å². The molecule has 2 aromatic rings. The Hall–Kier alpha value is -1.90. The van der Waals surface area contributed by atoms with E-state index in [1.54, 1.807) is 0 Å². The first kappa shape index (κ1) is 26.7. The molecular weight excluding hydrogens is 465 g/mol. The standard InChI is InChI=1S/C26H33F3O4S/c1-5-17-11-16(10-15(2)22(17)33-14-18(31)13-30)6-7-21(32)23-19-8-9-25(3,4)12-20(19)24(34-23)26(27,28)29/h10-11,18,30-31H,5-9,12-14H2,1-4H3/t18-/m0/s1. The monoisotopic (exact) mass is 498 g/mol. The molecule has 34 heavy (non-hydrogen) atoms. The van der Waals surface area contributed by atoms with Gasteiger partial charge >= 0.3 is 6.18 Å². The lowest BCUT2D eigenvalue weighted by Gasteiger charge is -2.30. The number of thiophene rings is 1. The second-order valence-electron chi connectivity index (χ2n) is 9.88. The Labute approximate surface area is 202 Å². The van der Waals surface area contributed by atoms with Crippen molar-refractivity contribution in [2.24, 2.45) is 5.41 Å². The van der Waals surface area contributed by atoms with Crippen LogP contribution < -0.4 is 4.74 Å². The van der Waals surface area contributed by atoms with Crippen molar-refractivity contribution in [2.75, 3.05) is 13.2 Å². The average Bonchev–Trinajstić information content (AvgIpc) is 3.14. The molecule has 0 saturated carbocycles. The Bertz CT molecular complexity index is 1040. The second kappa shape index (κ2) is 10.4. The average molecular weight is 499 g/mol. The molecule has 0 amide bonds. The number of rotatable bonds is 9. The Balaban J connectivity index is 1.80. The Morgan fingerprint density at radius 3 is 2.59 bits per heavy atom. The second-order valence-corrected chi connectivity index (χ2v) is 10.9. The number of Topliss-reactive ketones (excluding diaryl/α,β-unsaturated/α-hetero) is 1. The van der Waals surface area contributed by atoms with Gasteiger partial charge in [-0.05, 0) is 72.3 Å². The van der Waals surface area contributed by atoms with E-state index in [1.807, 2.05) is 39.8 Å². The molecule has 0 radical (unpaired) electrons. The predicted octanol–water partition coefficient (Wildman–Crippen LogP) is 5.70. The van der Waals surface area contributed by atoms with Gasteiger partial charge in [0.05, 0.1) is 11.5 Å². The molecule has 2 N–H and O–H groups in total. The van der Waals surface area contributed by atoms with Crippen molar-refractivity contribution < 1.29 is 32.9 Å². The summed E-state index contributed by atoms with van der Waals surface area (Å²) < 4.78 is 46.8. The molecule has 0 saturated heterocycles. The summed E-state index contributed by atoms with van der Waals surface area (Å²) in [4.78, 5) is 12.7. The van der Waals surface area contributed by atoms with Crippen LogP contribution in [0.3, 0.4) is 0 Å². The number of aliphatic hydroxyl groups excluding tert-OH is 2. The smallest absolute Gasteiger partial charge is 0.425 e. The minimum atomic E-state index is -4.45. The third-order valence-corrected chi connectivity index (χ3v) is 7.76. The first-order valence-corrected chi connectivity index (χ1v) is 12.5. The van der Waals surface area contributed by atoms with Crippen LogP contribution in [0.4, 0.5) is 13.2 Å². The number of ether oxygens (including phenoxy) is 1. The van der Waals surface area contributed by atoms with Crippen molar-refractivity contribution in [3.05, 3.63) is 49.7 Å². The van der Waals surface area contributed by atoms with Crippen LogP contribution in [0.2, 0.25) is 0 Å². The van der Waals surface area contributed by atoms with Crippen LogP contribution in [0.1, 0.15) is 76.0 Å². The lowest BCUT2D eigenvalue weighted by Crippen LogP contribution is -2.24. The van der Waals surface area contributed by atoms with Crippen molar-refractivity contribution in [2.45, 2.75) is 78.5 Å². The van der Waals surface area contributed by atoms with Gasteiger partial charge < -0.3 is 14.9 Å². The van der Waals surface area contributed by atoms with Gasteiger partial charge in [-0.25, -0.2) is 0 Å². The van der Waals surface area contributed by atoms with Gasteiger partial charge in [0.1, 0.15) is 23.3 Å². The highest BCUT2D eigenvalue weighted by Gasteiger charge is 2.42. The Morgan fingerprint density at radius 1 is 1.26 bits per heavy atom. The van der Waals surface area contributed by atoms with Crippen molar-refractivity contribution in [3.8, 4) is 5.75 Å². The van der Waals surface area contributed by atoms with Crippen LogP contribution in [-0.4, -0.2) is 35.3 Å². The van der Waals surface area contributed by atoms with E-state index in [4.69, 9.17) is 9.84 Å². The van der Waals surface area contributed by atoms with E-state index in [9.17, 15) is 23.1 Å². The van der Waals surface area contributed by atoms with Gasteiger partial charge in [-0.2, -0.15) is 13.2 Å². The van der Waals surface area contributed by atoms with Crippen LogP contribution in [0.15, 0.2) is 12.1 Å². The third-order valence-electron chi connectivity index (χ3n) is 6.40. The summed E-state index contributed by atoms with van der Waals surface area (Å²) in [5, 5.41) is 18.6. The van der Waals surface area contributed by atoms with E-state index >= 15 is 0 Å². The third kappa shape index (κ3) is 6.01. The number of aryl methyl sites for hydroxylation is 3. The molecule has 1 heterocycles. The minimum absolute atomic E-state index is 0.0238. The largest absolute Gasteiger partial charge is 0.490 e. The maximum atomic E-state index is 13.7. The number of hydrogen-bond donors (Lipinski definition) is 2. The van der Waals surface area contributed by atoms with Crippen molar-refractivity contribution in [1.82, 2.24) is 0 Å². The number of ketones is 1. The van der Waals surface area contributed by atoms with E-state index in [0.717, 1.165) is 23.1 Å². The van der Waals surface area contributed by atoms with E-state index in [1.165, 1.54) is 0 Å². The quantitative estimate of drug-likeness (QED) is 0.435. The van der Waals surface area contributed by atoms with Crippen molar-refractivity contribution >= 4 is 17.1 Å². The molecule has 1 aliphatic carbocycles. The zero-order valence-electron chi connectivity index (χ0n) is 20.1. The highest BCUT2D eigenvalue weighted by molar-refractivity contribution is 7.14. The minimum Gasteiger partial charge on any atom is -0.490 e. The Morgan fingerprint density at radius 2 is 1.97 bits per heavy atom. The molecule has 4 nitrogen and oxygen atoms in total. The number of halogens is 3. The highest BCUT2D eigenvalue weighted by atomic mass is 32.1. The van der Waals surface area contributed by atoms with Crippen molar-refractivity contribution in [3.63, 3.8) is 0 Å². The molecule has 0 fully saturated rings. The van der Waals surface area contributed by atoms with E-state index in [2.05, 4.69) is 0 Å². The number of benzene rings is 1. The number of fused-ring (bicyclic) bond motifs is 1. The molecule has 0 aliphatic heterocycles. The van der Waals surface area contributed by atoms with Gasteiger partial charge in [0, 0.05) is 6.42 Å². The number of hydrogen-bond acceptors (Lipinski definition) is 5. The van der Waals surface area contributed by atoms with Gasteiger partial charge in [-0.3, -0.25) is 4.79 Å². The lowest BCUT2D eigenvalue weighted by molar-refractivity contribution is -0.135. The molecule has 0 unspecified atom stereocenters. The van der Waals surface area contributed by atoms with Gasteiger partial charge in [-0.15, -0.1) is 11.3 Å².